The number of halogens is 1. The molecule has 2 N–H and O–H groups in total. The summed E-state index contributed by atoms with van der Waals surface area (Å²) in [5.74, 6) is 1.92. The molecule has 1 heterocycles. The number of methoxy groups -OCH3 is 2. The molecular formula is C13H16ClN3O2. The fraction of sp³-hybridized carbons (Fsp3) is 0.308. The highest BCUT2D eigenvalue weighted by molar-refractivity contribution is 6.33. The highest BCUT2D eigenvalue weighted by Crippen LogP contribution is 2.28. The molecule has 2 aromatic rings. The predicted molar refractivity (Wildman–Crippen MR) is 75.0 cm³/mol. The maximum atomic E-state index is 6.03. The summed E-state index contributed by atoms with van der Waals surface area (Å²) in [5, 5.41) is 4.79. The van der Waals surface area contributed by atoms with Gasteiger partial charge in [0.1, 0.15) is 22.3 Å². The molecule has 0 unspecified atom stereocenters. The number of nitrogens with two attached hydrogens (primary N) is 1. The quantitative estimate of drug-likeness (QED) is 0.935. The second-order valence-electron chi connectivity index (χ2n) is 4.12. The van der Waals surface area contributed by atoms with Crippen LogP contribution in [0.25, 0.3) is 0 Å². The zero-order valence-corrected chi connectivity index (χ0v) is 11.9. The van der Waals surface area contributed by atoms with Crippen LogP contribution in [0.2, 0.25) is 5.02 Å². The van der Waals surface area contributed by atoms with E-state index in [0.29, 0.717) is 23.1 Å². The van der Waals surface area contributed by atoms with Crippen LogP contribution in [0.15, 0.2) is 18.2 Å². The van der Waals surface area contributed by atoms with Gasteiger partial charge in [-0.3, -0.25) is 0 Å². The smallest absolute Gasteiger partial charge is 0.141 e. The minimum Gasteiger partial charge on any atom is -0.497 e. The summed E-state index contributed by atoms with van der Waals surface area (Å²) in [5.41, 5.74) is 7.57. The van der Waals surface area contributed by atoms with Crippen molar-refractivity contribution in [1.29, 1.82) is 0 Å². The first kappa shape index (κ1) is 13.5. The lowest BCUT2D eigenvalue weighted by atomic mass is 10.2. The Hall–Kier alpha value is -1.88. The van der Waals surface area contributed by atoms with Crippen molar-refractivity contribution in [2.45, 2.75) is 13.5 Å². The summed E-state index contributed by atoms with van der Waals surface area (Å²) in [6, 6.07) is 5.61. The highest BCUT2D eigenvalue weighted by Gasteiger charge is 2.12. The summed E-state index contributed by atoms with van der Waals surface area (Å²) in [7, 11) is 3.23. The second-order valence-corrected chi connectivity index (χ2v) is 4.50. The molecule has 2 rings (SSSR count). The van der Waals surface area contributed by atoms with Gasteiger partial charge in [-0.15, -0.1) is 0 Å². The largest absolute Gasteiger partial charge is 0.497 e. The number of aromatic nitrogens is 2. The lowest BCUT2D eigenvalue weighted by Gasteiger charge is -2.11. The van der Waals surface area contributed by atoms with Crippen LogP contribution >= 0.6 is 11.6 Å². The Balaban J connectivity index is 2.35. The molecule has 0 aliphatic heterocycles. The number of ether oxygens (including phenoxy) is 2. The van der Waals surface area contributed by atoms with E-state index in [2.05, 4.69) is 5.10 Å². The molecule has 0 bridgehead atoms. The molecule has 1 aromatic carbocycles. The number of anilines is 1. The Bertz CT molecular complexity index is 596. The third-order valence-electron chi connectivity index (χ3n) is 2.91. The maximum absolute atomic E-state index is 6.03. The zero-order valence-electron chi connectivity index (χ0n) is 11.1. The molecule has 0 amide bonds. The van der Waals surface area contributed by atoms with E-state index in [1.165, 1.54) is 0 Å². The van der Waals surface area contributed by atoms with Crippen molar-refractivity contribution in [2.75, 3.05) is 20.0 Å². The Kier molecular flexibility index (Phi) is 3.85. The van der Waals surface area contributed by atoms with Crippen molar-refractivity contribution in [3.05, 3.63) is 34.5 Å². The SMILES string of the molecule is COc1ccc(Cn2nc(C)c(Cl)c2N)c(OC)c1. The van der Waals surface area contributed by atoms with Crippen molar-refractivity contribution in [3.8, 4) is 11.5 Å². The molecule has 0 radical (unpaired) electrons. The summed E-state index contributed by atoms with van der Waals surface area (Å²) in [6.45, 7) is 2.31. The second kappa shape index (κ2) is 5.40. The Morgan fingerprint density at radius 2 is 2.05 bits per heavy atom. The van der Waals surface area contributed by atoms with Crippen LogP contribution in [0, 0.1) is 6.92 Å². The van der Waals surface area contributed by atoms with Gasteiger partial charge in [-0.2, -0.15) is 5.10 Å². The van der Waals surface area contributed by atoms with Crippen LogP contribution in [0.1, 0.15) is 11.3 Å². The fourth-order valence-corrected chi connectivity index (χ4v) is 1.98. The van der Waals surface area contributed by atoms with Gasteiger partial charge < -0.3 is 15.2 Å². The number of nitrogens with zero attached hydrogens (tertiary/aromatic N) is 2. The van der Waals surface area contributed by atoms with E-state index in [4.69, 9.17) is 26.8 Å². The lowest BCUT2D eigenvalue weighted by Crippen LogP contribution is -2.07. The summed E-state index contributed by atoms with van der Waals surface area (Å²) < 4.78 is 12.2. The van der Waals surface area contributed by atoms with Crippen LogP contribution in [0.5, 0.6) is 11.5 Å². The van der Waals surface area contributed by atoms with E-state index < -0.39 is 0 Å². The molecule has 1 aromatic heterocycles. The van der Waals surface area contributed by atoms with Gasteiger partial charge in [0.05, 0.1) is 26.5 Å². The molecule has 0 saturated heterocycles. The third kappa shape index (κ3) is 2.61. The number of aryl methyl sites for hydroxylation is 1. The molecule has 5 nitrogen and oxygen atoms in total. The Morgan fingerprint density at radius 1 is 1.32 bits per heavy atom. The van der Waals surface area contributed by atoms with Gasteiger partial charge in [-0.05, 0) is 19.1 Å². The summed E-state index contributed by atoms with van der Waals surface area (Å²) >= 11 is 6.03. The number of hydrogen-bond acceptors (Lipinski definition) is 4. The molecule has 0 atom stereocenters. The molecule has 0 aliphatic carbocycles. The molecule has 6 heteroatoms. The maximum Gasteiger partial charge on any atom is 0.141 e. The molecule has 0 aliphatic rings. The number of rotatable bonds is 4. The Labute approximate surface area is 116 Å². The summed E-state index contributed by atoms with van der Waals surface area (Å²) in [6.07, 6.45) is 0. The van der Waals surface area contributed by atoms with Crippen LogP contribution in [-0.4, -0.2) is 24.0 Å². The number of hydrogen-bond donors (Lipinski definition) is 1. The van der Waals surface area contributed by atoms with Gasteiger partial charge in [0.15, 0.2) is 0 Å². The van der Waals surface area contributed by atoms with E-state index in [9.17, 15) is 0 Å². The van der Waals surface area contributed by atoms with Crippen molar-refractivity contribution in [1.82, 2.24) is 9.78 Å². The average molecular weight is 282 g/mol. The van der Waals surface area contributed by atoms with Gasteiger partial charge in [0.25, 0.3) is 0 Å². The number of benzene rings is 1. The predicted octanol–water partition coefficient (Wildman–Crippen LogP) is 2.49. The topological polar surface area (TPSA) is 62.3 Å². The minimum absolute atomic E-state index is 0.456. The average Bonchev–Trinajstić information content (AvgIpc) is 2.67. The monoisotopic (exact) mass is 281 g/mol. The van der Waals surface area contributed by atoms with E-state index in [0.717, 1.165) is 17.1 Å². The highest BCUT2D eigenvalue weighted by atomic mass is 35.5. The first-order chi connectivity index (χ1) is 9.06. The first-order valence-corrected chi connectivity index (χ1v) is 6.14. The molecule has 0 fully saturated rings. The van der Waals surface area contributed by atoms with Gasteiger partial charge in [0.2, 0.25) is 0 Å². The van der Waals surface area contributed by atoms with E-state index in [-0.39, 0.29) is 0 Å². The number of nitrogen functional groups attached to an aromatic ring is 1. The van der Waals surface area contributed by atoms with E-state index in [1.54, 1.807) is 18.9 Å². The summed E-state index contributed by atoms with van der Waals surface area (Å²) in [4.78, 5) is 0. The minimum atomic E-state index is 0.456. The standard InChI is InChI=1S/C13H16ClN3O2/c1-8-12(14)13(15)17(16-8)7-9-4-5-10(18-2)6-11(9)19-3/h4-6H,7,15H2,1-3H3. The van der Waals surface area contributed by atoms with Crippen molar-refractivity contribution in [2.24, 2.45) is 0 Å². The lowest BCUT2D eigenvalue weighted by molar-refractivity contribution is 0.389. The van der Waals surface area contributed by atoms with Crippen LogP contribution < -0.4 is 15.2 Å². The van der Waals surface area contributed by atoms with E-state index in [1.807, 2.05) is 25.1 Å². The van der Waals surface area contributed by atoms with E-state index >= 15 is 0 Å². The van der Waals surface area contributed by atoms with Crippen molar-refractivity contribution >= 4 is 17.4 Å². The van der Waals surface area contributed by atoms with Crippen LogP contribution in [0.4, 0.5) is 5.82 Å². The Morgan fingerprint density at radius 3 is 2.58 bits per heavy atom. The molecule has 19 heavy (non-hydrogen) atoms. The first-order valence-electron chi connectivity index (χ1n) is 5.76. The molecule has 0 saturated carbocycles. The van der Waals surface area contributed by atoms with Gasteiger partial charge in [-0.1, -0.05) is 11.6 Å². The zero-order chi connectivity index (χ0) is 14.0. The molecular weight excluding hydrogens is 266 g/mol. The van der Waals surface area contributed by atoms with Crippen molar-refractivity contribution in [3.63, 3.8) is 0 Å². The van der Waals surface area contributed by atoms with Gasteiger partial charge in [0, 0.05) is 11.6 Å². The normalized spacial score (nSPS) is 10.5. The molecule has 102 valence electrons. The molecule has 0 spiro atoms. The van der Waals surface area contributed by atoms with Crippen LogP contribution in [-0.2, 0) is 6.54 Å². The third-order valence-corrected chi connectivity index (χ3v) is 3.37. The van der Waals surface area contributed by atoms with Gasteiger partial charge in [-0.25, -0.2) is 4.68 Å². The van der Waals surface area contributed by atoms with Gasteiger partial charge >= 0.3 is 0 Å². The fourth-order valence-electron chi connectivity index (χ4n) is 1.84. The van der Waals surface area contributed by atoms with Crippen LogP contribution in [0.3, 0.4) is 0 Å². The van der Waals surface area contributed by atoms with Crippen molar-refractivity contribution < 1.29 is 9.47 Å².